The molecule has 1 aliphatic heterocycles. The molecule has 2 heterocycles. The normalized spacial score (nSPS) is 19.2. The number of halogens is 2. The van der Waals surface area contributed by atoms with Gasteiger partial charge in [-0.25, -0.2) is 4.39 Å². The topological polar surface area (TPSA) is 90.0 Å². The zero-order valence-electron chi connectivity index (χ0n) is 20.1. The van der Waals surface area contributed by atoms with Crippen LogP contribution in [-0.4, -0.2) is 22.4 Å². The molecule has 0 unspecified atom stereocenters. The fourth-order valence-electron chi connectivity index (χ4n) is 4.61. The van der Waals surface area contributed by atoms with Crippen molar-refractivity contribution >= 4 is 23.1 Å². The maximum Gasteiger partial charge on any atom is 0.257 e. The van der Waals surface area contributed by atoms with E-state index in [1.54, 1.807) is 49.4 Å². The van der Waals surface area contributed by atoms with E-state index in [9.17, 15) is 10.1 Å². The molecule has 3 aromatic rings. The lowest BCUT2D eigenvalue weighted by Crippen LogP contribution is -2.47. The molecule has 2 aromatic carbocycles. The van der Waals surface area contributed by atoms with Crippen LogP contribution in [0.3, 0.4) is 0 Å². The van der Waals surface area contributed by atoms with Gasteiger partial charge in [-0.1, -0.05) is 35.9 Å². The number of hydrogen-bond donors (Lipinski definition) is 0. The molecule has 37 heavy (non-hydrogen) atoms. The highest BCUT2D eigenvalue weighted by molar-refractivity contribution is 6.30. The van der Waals surface area contributed by atoms with Gasteiger partial charge in [-0.15, -0.1) is 0 Å². The monoisotopic (exact) mass is 512 g/mol. The maximum absolute atomic E-state index is 16.0. The Labute approximate surface area is 219 Å². The second-order valence-electron chi connectivity index (χ2n) is 9.53. The highest BCUT2D eigenvalue weighted by Crippen LogP contribution is 2.52. The summed E-state index contributed by atoms with van der Waals surface area (Å²) in [6, 6.07) is 17.3. The van der Waals surface area contributed by atoms with Gasteiger partial charge in [0, 0.05) is 16.8 Å². The molecule has 0 bridgehead atoms. The van der Waals surface area contributed by atoms with Gasteiger partial charge >= 0.3 is 0 Å². The minimum atomic E-state index is -1.67. The van der Waals surface area contributed by atoms with Gasteiger partial charge in [-0.3, -0.25) is 14.7 Å². The van der Waals surface area contributed by atoms with Crippen molar-refractivity contribution in [3.05, 3.63) is 106 Å². The van der Waals surface area contributed by atoms with E-state index in [1.165, 1.54) is 17.2 Å². The Morgan fingerprint density at radius 1 is 1.22 bits per heavy atom. The van der Waals surface area contributed by atoms with Gasteiger partial charge in [-0.2, -0.15) is 10.5 Å². The van der Waals surface area contributed by atoms with E-state index in [-0.39, 0.29) is 24.3 Å². The van der Waals surface area contributed by atoms with Crippen LogP contribution in [0.2, 0.25) is 5.02 Å². The van der Waals surface area contributed by atoms with Crippen LogP contribution in [0.4, 0.5) is 4.39 Å². The average Bonchev–Trinajstić information content (AvgIpc) is 3.65. The molecule has 0 saturated heterocycles. The van der Waals surface area contributed by atoms with Crippen LogP contribution < -0.4 is 0 Å². The summed E-state index contributed by atoms with van der Waals surface area (Å²) in [4.78, 5) is 19.8. The van der Waals surface area contributed by atoms with Crippen molar-refractivity contribution in [2.75, 3.05) is 6.61 Å². The highest BCUT2D eigenvalue weighted by atomic mass is 35.5. The van der Waals surface area contributed by atoms with Crippen LogP contribution >= 0.6 is 11.6 Å². The molecule has 5 rings (SSSR count). The van der Waals surface area contributed by atoms with Crippen molar-refractivity contribution in [2.24, 2.45) is 5.41 Å². The molecule has 8 heteroatoms. The van der Waals surface area contributed by atoms with Crippen LogP contribution in [-0.2, 0) is 17.0 Å². The number of ether oxygens (including phenoxy) is 1. The Hall–Kier alpha value is -4.04. The first kappa shape index (κ1) is 24.6. The number of nitriles is 2. The summed E-state index contributed by atoms with van der Waals surface area (Å²) in [6.07, 6.45) is 2.74. The molecule has 0 N–H and O–H groups in total. The van der Waals surface area contributed by atoms with Crippen molar-refractivity contribution in [3.8, 4) is 12.1 Å². The number of benzene rings is 2. The lowest BCUT2D eigenvalue weighted by molar-refractivity contribution is -0.122. The largest absolute Gasteiger partial charge is 0.345 e. The first-order valence-electron chi connectivity index (χ1n) is 11.7. The quantitative estimate of drug-likeness (QED) is 0.390. The first-order chi connectivity index (χ1) is 17.7. The van der Waals surface area contributed by atoms with E-state index >= 15 is 4.39 Å². The molecule has 1 atom stereocenters. The molecule has 1 aromatic heterocycles. The third-order valence-electron chi connectivity index (χ3n) is 6.94. The van der Waals surface area contributed by atoms with Crippen molar-refractivity contribution in [1.82, 2.24) is 9.88 Å². The predicted molar refractivity (Wildman–Crippen MR) is 135 cm³/mol. The Morgan fingerprint density at radius 2 is 1.95 bits per heavy atom. The van der Waals surface area contributed by atoms with Gasteiger partial charge in [-0.05, 0) is 61.7 Å². The predicted octanol–water partition coefficient (Wildman–Crippen LogP) is 5.96. The highest BCUT2D eigenvalue weighted by Gasteiger charge is 2.56. The molecule has 0 spiro atoms. The Bertz CT molecular complexity index is 1500. The van der Waals surface area contributed by atoms with Crippen LogP contribution in [0, 0.1) is 33.9 Å². The molecular weight excluding hydrogens is 491 g/mol. The lowest BCUT2D eigenvalue weighted by Gasteiger charge is -2.40. The van der Waals surface area contributed by atoms with E-state index < -0.39 is 22.9 Å². The number of amides is 1. The van der Waals surface area contributed by atoms with E-state index in [1.807, 2.05) is 6.07 Å². The second kappa shape index (κ2) is 9.12. The van der Waals surface area contributed by atoms with Gasteiger partial charge in [0.2, 0.25) is 0 Å². The fraction of sp³-hybridized carbons (Fsp3) is 0.241. The summed E-state index contributed by atoms with van der Waals surface area (Å²) >= 11 is 6.17. The van der Waals surface area contributed by atoms with Gasteiger partial charge < -0.3 is 4.74 Å². The average molecular weight is 513 g/mol. The number of pyridine rings is 1. The Balaban J connectivity index is 1.73. The minimum absolute atomic E-state index is 0.0117. The number of aromatic nitrogens is 1. The summed E-state index contributed by atoms with van der Waals surface area (Å²) < 4.78 is 22.6. The molecule has 6 nitrogen and oxygen atoms in total. The van der Waals surface area contributed by atoms with Crippen LogP contribution in [0.1, 0.15) is 58.1 Å². The van der Waals surface area contributed by atoms with E-state index in [0.29, 0.717) is 45.8 Å². The van der Waals surface area contributed by atoms with E-state index in [4.69, 9.17) is 21.6 Å². The zero-order valence-corrected chi connectivity index (χ0v) is 20.8. The van der Waals surface area contributed by atoms with Crippen molar-refractivity contribution < 1.29 is 13.9 Å². The minimum Gasteiger partial charge on any atom is -0.345 e. The molecule has 1 aliphatic carbocycles. The molecule has 1 saturated carbocycles. The van der Waals surface area contributed by atoms with Crippen LogP contribution in [0.5, 0.6) is 0 Å². The third kappa shape index (κ3) is 4.17. The number of carbonyl (C=O) groups is 1. The number of fused-ring (bicyclic) bond motifs is 1. The van der Waals surface area contributed by atoms with Gasteiger partial charge in [0.15, 0.2) is 5.72 Å². The van der Waals surface area contributed by atoms with Crippen molar-refractivity contribution in [1.29, 1.82) is 10.5 Å². The van der Waals surface area contributed by atoms with Gasteiger partial charge in [0.1, 0.15) is 11.9 Å². The SMILES string of the molecule is C=C(C)c1cc(F)c2c(c1)C(=O)N(Cc1ccc(C#N)cn1)[C@@]2(OCC1(C#N)CC1)c1ccc(Cl)cc1. The standard InChI is InChI=1S/C29H22ClFN4O2/c1-18(2)20-11-24-26(25(31)12-20)29(21-4-6-22(30)7-5-21,37-17-28(16-33)9-10-28)35(27(24)36)15-23-8-3-19(13-32)14-34-23/h3-8,11-12,14H,1,9-10,15,17H2,2H3/t29-/m1/s1. The summed E-state index contributed by atoms with van der Waals surface area (Å²) in [7, 11) is 0. The summed E-state index contributed by atoms with van der Waals surface area (Å²) in [5.74, 6) is -1.06. The van der Waals surface area contributed by atoms with Crippen LogP contribution in [0.25, 0.3) is 5.57 Å². The molecule has 0 radical (unpaired) electrons. The second-order valence-corrected chi connectivity index (χ2v) is 9.97. The summed E-state index contributed by atoms with van der Waals surface area (Å²) in [5.41, 5.74) is 0.355. The van der Waals surface area contributed by atoms with Gasteiger partial charge in [0.25, 0.3) is 5.91 Å². The van der Waals surface area contributed by atoms with E-state index in [0.717, 1.165) is 0 Å². The van der Waals surface area contributed by atoms with Crippen molar-refractivity contribution in [2.45, 2.75) is 32.0 Å². The number of carbonyl (C=O) groups excluding carboxylic acids is 1. The molecule has 184 valence electrons. The maximum atomic E-state index is 16.0. The Kier molecular flexibility index (Phi) is 6.07. The van der Waals surface area contributed by atoms with Crippen LogP contribution in [0.15, 0.2) is 61.3 Å². The Morgan fingerprint density at radius 3 is 2.51 bits per heavy atom. The molecule has 1 fully saturated rings. The first-order valence-corrected chi connectivity index (χ1v) is 12.1. The number of rotatable bonds is 7. The number of nitrogens with zero attached hydrogens (tertiary/aromatic N) is 4. The zero-order chi connectivity index (χ0) is 26.4. The number of allylic oxidation sites excluding steroid dienone is 1. The summed E-state index contributed by atoms with van der Waals surface area (Å²) in [6.45, 7) is 5.63. The molecular formula is C29H22ClFN4O2. The van der Waals surface area contributed by atoms with Crippen molar-refractivity contribution in [3.63, 3.8) is 0 Å². The summed E-state index contributed by atoms with van der Waals surface area (Å²) in [5, 5.41) is 19.3. The lowest BCUT2D eigenvalue weighted by atomic mass is 9.90. The number of hydrogen-bond acceptors (Lipinski definition) is 5. The third-order valence-corrected chi connectivity index (χ3v) is 7.19. The van der Waals surface area contributed by atoms with E-state index in [2.05, 4.69) is 17.6 Å². The smallest absolute Gasteiger partial charge is 0.257 e. The van der Waals surface area contributed by atoms with Gasteiger partial charge in [0.05, 0.1) is 47.0 Å². The fourth-order valence-corrected chi connectivity index (χ4v) is 4.74. The molecule has 2 aliphatic rings. The molecule has 1 amide bonds.